The molecule has 4 nitrogen and oxygen atoms in total. The Hall–Kier alpha value is -1.17. The number of hydrogen-bond donors (Lipinski definition) is 1. The van der Waals surface area contributed by atoms with E-state index in [1.807, 2.05) is 18.2 Å². The minimum Gasteiger partial charge on any atom is -0.310 e. The van der Waals surface area contributed by atoms with Crippen LogP contribution < -0.4 is 5.32 Å². The van der Waals surface area contributed by atoms with Crippen molar-refractivity contribution in [3.63, 3.8) is 0 Å². The molecular formula is C14H22N2O2S. The van der Waals surface area contributed by atoms with Gasteiger partial charge in [0.15, 0.2) is 0 Å². The molecule has 19 heavy (non-hydrogen) atoms. The summed E-state index contributed by atoms with van der Waals surface area (Å²) in [6.45, 7) is 6.59. The molecule has 0 bridgehead atoms. The topological polar surface area (TPSA) is 49.4 Å². The van der Waals surface area contributed by atoms with E-state index in [2.05, 4.69) is 18.8 Å². The largest absolute Gasteiger partial charge is 0.310 e. The highest BCUT2D eigenvalue weighted by Gasteiger charge is 2.17. The van der Waals surface area contributed by atoms with Crippen LogP contribution in [0, 0.1) is 0 Å². The molecule has 1 unspecified atom stereocenters. The van der Waals surface area contributed by atoms with Gasteiger partial charge in [0.1, 0.15) is 0 Å². The first-order chi connectivity index (χ1) is 8.89. The van der Waals surface area contributed by atoms with Gasteiger partial charge in [-0.2, -0.15) is 0 Å². The number of nitrogens with one attached hydrogen (secondary N) is 1. The van der Waals surface area contributed by atoms with Gasteiger partial charge in [0.2, 0.25) is 10.0 Å². The number of rotatable bonds is 7. The Labute approximate surface area is 116 Å². The number of benzene rings is 1. The zero-order valence-corrected chi connectivity index (χ0v) is 12.6. The van der Waals surface area contributed by atoms with Crippen molar-refractivity contribution in [1.82, 2.24) is 9.62 Å². The Balaban J connectivity index is 2.79. The van der Waals surface area contributed by atoms with Crippen LogP contribution in [-0.4, -0.2) is 33.4 Å². The van der Waals surface area contributed by atoms with Gasteiger partial charge in [0, 0.05) is 20.1 Å². The van der Waals surface area contributed by atoms with Crippen molar-refractivity contribution < 1.29 is 8.42 Å². The maximum absolute atomic E-state index is 11.9. The third kappa shape index (κ3) is 4.16. The fraction of sp³-hybridized carbons (Fsp3) is 0.429. The van der Waals surface area contributed by atoms with Crippen molar-refractivity contribution in [2.45, 2.75) is 24.3 Å². The van der Waals surface area contributed by atoms with E-state index in [1.54, 1.807) is 12.1 Å². The predicted octanol–water partition coefficient (Wildman–Crippen LogP) is 2.16. The third-order valence-corrected chi connectivity index (χ3v) is 4.79. The van der Waals surface area contributed by atoms with Crippen LogP contribution >= 0.6 is 0 Å². The van der Waals surface area contributed by atoms with E-state index in [9.17, 15) is 8.42 Å². The Kier molecular flexibility index (Phi) is 5.72. The maximum Gasteiger partial charge on any atom is 0.242 e. The lowest BCUT2D eigenvalue weighted by Gasteiger charge is -2.15. The highest BCUT2D eigenvalue weighted by atomic mass is 32.2. The summed E-state index contributed by atoms with van der Waals surface area (Å²) in [6.07, 6.45) is 2.78. The summed E-state index contributed by atoms with van der Waals surface area (Å²) in [6, 6.07) is 7.19. The summed E-state index contributed by atoms with van der Waals surface area (Å²) in [5, 5.41) is 3.35. The molecule has 1 atom stereocenters. The molecule has 0 saturated heterocycles. The third-order valence-electron chi connectivity index (χ3n) is 2.96. The average molecular weight is 282 g/mol. The molecular weight excluding hydrogens is 260 g/mol. The van der Waals surface area contributed by atoms with Gasteiger partial charge < -0.3 is 5.32 Å². The van der Waals surface area contributed by atoms with Crippen LogP contribution in [0.5, 0.6) is 0 Å². The van der Waals surface area contributed by atoms with Crippen molar-refractivity contribution in [3.05, 3.63) is 42.5 Å². The molecule has 0 aliphatic carbocycles. The highest BCUT2D eigenvalue weighted by molar-refractivity contribution is 7.89. The Morgan fingerprint density at radius 3 is 2.37 bits per heavy atom. The minimum absolute atomic E-state index is 0.191. The van der Waals surface area contributed by atoms with Gasteiger partial charge in [-0.3, -0.25) is 0 Å². The summed E-state index contributed by atoms with van der Waals surface area (Å²) in [4.78, 5) is 0.319. The summed E-state index contributed by atoms with van der Waals surface area (Å²) < 4.78 is 25.1. The van der Waals surface area contributed by atoms with E-state index >= 15 is 0 Å². The fourth-order valence-corrected chi connectivity index (χ4v) is 2.56. The van der Waals surface area contributed by atoms with Crippen LogP contribution in [-0.2, 0) is 10.0 Å². The van der Waals surface area contributed by atoms with Crippen LogP contribution in [0.15, 0.2) is 41.8 Å². The van der Waals surface area contributed by atoms with E-state index in [0.717, 1.165) is 18.5 Å². The van der Waals surface area contributed by atoms with Gasteiger partial charge in [-0.15, -0.1) is 6.58 Å². The quantitative estimate of drug-likeness (QED) is 0.616. The van der Waals surface area contributed by atoms with Crippen molar-refractivity contribution in [3.8, 4) is 0 Å². The van der Waals surface area contributed by atoms with Crippen molar-refractivity contribution in [2.75, 3.05) is 20.6 Å². The van der Waals surface area contributed by atoms with Gasteiger partial charge in [-0.1, -0.05) is 18.2 Å². The second kappa shape index (κ2) is 6.84. The van der Waals surface area contributed by atoms with Crippen molar-refractivity contribution >= 4 is 10.0 Å². The zero-order valence-electron chi connectivity index (χ0n) is 11.8. The summed E-state index contributed by atoms with van der Waals surface area (Å²) >= 11 is 0. The molecule has 0 radical (unpaired) electrons. The predicted molar refractivity (Wildman–Crippen MR) is 78.5 cm³/mol. The molecule has 0 aliphatic heterocycles. The molecule has 1 aromatic carbocycles. The summed E-state index contributed by atoms with van der Waals surface area (Å²) in [5.41, 5.74) is 1.07. The van der Waals surface area contributed by atoms with Gasteiger partial charge in [-0.25, -0.2) is 12.7 Å². The molecule has 1 rings (SSSR count). The van der Waals surface area contributed by atoms with E-state index in [4.69, 9.17) is 0 Å². The van der Waals surface area contributed by atoms with E-state index < -0.39 is 10.0 Å². The van der Waals surface area contributed by atoms with Crippen LogP contribution in [0.3, 0.4) is 0 Å². The van der Waals surface area contributed by atoms with E-state index in [-0.39, 0.29) is 6.04 Å². The first-order valence-corrected chi connectivity index (χ1v) is 7.70. The molecule has 0 aliphatic rings. The molecule has 0 aromatic heterocycles. The molecule has 0 heterocycles. The van der Waals surface area contributed by atoms with Gasteiger partial charge in [-0.05, 0) is 37.6 Å². The average Bonchev–Trinajstić information content (AvgIpc) is 2.39. The first-order valence-electron chi connectivity index (χ1n) is 6.26. The first kappa shape index (κ1) is 15.9. The number of nitrogens with zero attached hydrogens (tertiary/aromatic N) is 1. The van der Waals surface area contributed by atoms with Gasteiger partial charge in [0.05, 0.1) is 4.90 Å². The highest BCUT2D eigenvalue weighted by Crippen LogP contribution is 2.18. The lowest BCUT2D eigenvalue weighted by Crippen LogP contribution is -2.22. The second-order valence-electron chi connectivity index (χ2n) is 4.61. The van der Waals surface area contributed by atoms with Crippen LogP contribution in [0.25, 0.3) is 0 Å². The molecule has 0 fully saturated rings. The van der Waals surface area contributed by atoms with E-state index in [0.29, 0.717) is 4.90 Å². The standard InChI is InChI=1S/C14H22N2O2S/c1-5-6-11-15-12(2)13-7-9-14(10-8-13)19(17,18)16(3)4/h5,7-10,12,15H,1,6,11H2,2-4H3. The monoisotopic (exact) mass is 282 g/mol. The van der Waals surface area contributed by atoms with Gasteiger partial charge in [0.25, 0.3) is 0 Å². The Bertz CT molecular complexity index is 507. The molecule has 106 valence electrons. The Morgan fingerprint density at radius 1 is 1.32 bits per heavy atom. The molecule has 0 amide bonds. The smallest absolute Gasteiger partial charge is 0.242 e. The molecule has 1 aromatic rings. The lowest BCUT2D eigenvalue weighted by molar-refractivity contribution is 0.520. The van der Waals surface area contributed by atoms with Crippen molar-refractivity contribution in [1.29, 1.82) is 0 Å². The normalized spacial score (nSPS) is 13.5. The number of hydrogen-bond acceptors (Lipinski definition) is 3. The Morgan fingerprint density at radius 2 is 1.89 bits per heavy atom. The molecule has 1 N–H and O–H groups in total. The summed E-state index contributed by atoms with van der Waals surface area (Å²) in [7, 11) is -0.280. The van der Waals surface area contributed by atoms with Gasteiger partial charge >= 0.3 is 0 Å². The maximum atomic E-state index is 11.9. The summed E-state index contributed by atoms with van der Waals surface area (Å²) in [5.74, 6) is 0. The SMILES string of the molecule is C=CCCNC(C)c1ccc(S(=O)(=O)N(C)C)cc1. The molecule has 5 heteroatoms. The number of sulfonamides is 1. The van der Waals surface area contributed by atoms with Crippen LogP contribution in [0.4, 0.5) is 0 Å². The zero-order chi connectivity index (χ0) is 14.5. The second-order valence-corrected chi connectivity index (χ2v) is 6.76. The molecule has 0 spiro atoms. The van der Waals surface area contributed by atoms with Crippen LogP contribution in [0.2, 0.25) is 0 Å². The minimum atomic E-state index is -3.34. The van der Waals surface area contributed by atoms with Crippen molar-refractivity contribution in [2.24, 2.45) is 0 Å². The molecule has 0 saturated carbocycles. The fourth-order valence-electron chi connectivity index (χ4n) is 1.66. The van der Waals surface area contributed by atoms with E-state index in [1.165, 1.54) is 18.4 Å². The lowest BCUT2D eigenvalue weighted by atomic mass is 10.1. The van der Waals surface area contributed by atoms with Crippen LogP contribution in [0.1, 0.15) is 24.9 Å².